The predicted octanol–water partition coefficient (Wildman–Crippen LogP) is 1.79. The molecule has 0 fully saturated rings. The SMILES string of the molecule is CCOC(=O)C(C)(Cc1ccccc1[N+](=O)[O-])C(=O)O. The first-order valence-electron chi connectivity index (χ1n) is 5.95. The molecule has 1 aromatic carbocycles. The van der Waals surface area contributed by atoms with E-state index < -0.39 is 22.3 Å². The second kappa shape index (κ2) is 6.14. The van der Waals surface area contributed by atoms with E-state index in [9.17, 15) is 24.8 Å². The van der Waals surface area contributed by atoms with Crippen LogP contribution in [0.25, 0.3) is 0 Å². The number of carbonyl (C=O) groups excluding carboxylic acids is 1. The predicted molar refractivity (Wildman–Crippen MR) is 69.2 cm³/mol. The molecule has 108 valence electrons. The van der Waals surface area contributed by atoms with Gasteiger partial charge in [0.25, 0.3) is 5.69 Å². The summed E-state index contributed by atoms with van der Waals surface area (Å²) >= 11 is 0. The number of esters is 1. The van der Waals surface area contributed by atoms with E-state index in [1.165, 1.54) is 25.1 Å². The van der Waals surface area contributed by atoms with Crippen LogP contribution in [0.5, 0.6) is 0 Å². The molecule has 0 aliphatic carbocycles. The minimum absolute atomic E-state index is 0.0403. The fraction of sp³-hybridized carbons (Fsp3) is 0.385. The molecule has 1 rings (SSSR count). The number of para-hydroxylation sites is 1. The Kier molecular flexibility index (Phi) is 4.79. The number of nitrogens with zero attached hydrogens (tertiary/aromatic N) is 1. The van der Waals surface area contributed by atoms with Gasteiger partial charge in [-0.3, -0.25) is 19.7 Å². The fourth-order valence-electron chi connectivity index (χ4n) is 1.74. The highest BCUT2D eigenvalue weighted by Gasteiger charge is 2.44. The molecule has 7 heteroatoms. The van der Waals surface area contributed by atoms with E-state index in [4.69, 9.17) is 4.74 Å². The van der Waals surface area contributed by atoms with Crippen LogP contribution in [0.2, 0.25) is 0 Å². The molecular formula is C13H15NO6. The molecule has 0 amide bonds. The summed E-state index contributed by atoms with van der Waals surface area (Å²) < 4.78 is 4.75. The normalized spacial score (nSPS) is 13.3. The van der Waals surface area contributed by atoms with Crippen LogP contribution < -0.4 is 0 Å². The molecule has 0 saturated carbocycles. The van der Waals surface area contributed by atoms with Crippen molar-refractivity contribution in [1.82, 2.24) is 0 Å². The summed E-state index contributed by atoms with van der Waals surface area (Å²) in [6, 6.07) is 5.72. The van der Waals surface area contributed by atoms with E-state index in [0.29, 0.717) is 0 Å². The van der Waals surface area contributed by atoms with E-state index in [0.717, 1.165) is 0 Å². The highest BCUT2D eigenvalue weighted by Crippen LogP contribution is 2.29. The van der Waals surface area contributed by atoms with Crippen LogP contribution >= 0.6 is 0 Å². The number of hydrogen-bond donors (Lipinski definition) is 1. The van der Waals surface area contributed by atoms with Crippen LogP contribution in [-0.4, -0.2) is 28.6 Å². The van der Waals surface area contributed by atoms with Gasteiger partial charge in [-0.1, -0.05) is 18.2 Å². The monoisotopic (exact) mass is 281 g/mol. The average molecular weight is 281 g/mol. The summed E-state index contributed by atoms with van der Waals surface area (Å²) in [6.45, 7) is 2.80. The van der Waals surface area contributed by atoms with Gasteiger partial charge in [0, 0.05) is 18.1 Å². The molecule has 1 atom stereocenters. The number of hydrogen-bond acceptors (Lipinski definition) is 5. The maximum Gasteiger partial charge on any atom is 0.323 e. The Hall–Kier alpha value is -2.44. The van der Waals surface area contributed by atoms with E-state index >= 15 is 0 Å². The topological polar surface area (TPSA) is 107 Å². The van der Waals surface area contributed by atoms with Crippen molar-refractivity contribution in [2.75, 3.05) is 6.61 Å². The Morgan fingerprint density at radius 2 is 2.00 bits per heavy atom. The van der Waals surface area contributed by atoms with Gasteiger partial charge in [0.15, 0.2) is 5.41 Å². The lowest BCUT2D eigenvalue weighted by Crippen LogP contribution is -2.40. The molecule has 7 nitrogen and oxygen atoms in total. The number of nitro benzene ring substituents is 1. The van der Waals surface area contributed by atoms with E-state index in [-0.39, 0.29) is 24.3 Å². The van der Waals surface area contributed by atoms with Crippen molar-refractivity contribution in [3.63, 3.8) is 0 Å². The first kappa shape index (κ1) is 15.6. The van der Waals surface area contributed by atoms with Crippen molar-refractivity contribution in [3.05, 3.63) is 39.9 Å². The van der Waals surface area contributed by atoms with Crippen molar-refractivity contribution in [2.45, 2.75) is 20.3 Å². The third-order valence-corrected chi connectivity index (χ3v) is 2.93. The summed E-state index contributed by atoms with van der Waals surface area (Å²) in [5.41, 5.74) is -1.90. The summed E-state index contributed by atoms with van der Waals surface area (Å²) in [6.07, 6.45) is -0.307. The number of ether oxygens (including phenoxy) is 1. The molecule has 0 radical (unpaired) electrons. The fourth-order valence-corrected chi connectivity index (χ4v) is 1.74. The Morgan fingerprint density at radius 1 is 1.40 bits per heavy atom. The van der Waals surface area contributed by atoms with Gasteiger partial charge in [-0.15, -0.1) is 0 Å². The molecule has 1 N–H and O–H groups in total. The smallest absolute Gasteiger partial charge is 0.323 e. The van der Waals surface area contributed by atoms with Crippen LogP contribution in [-0.2, 0) is 20.7 Å². The van der Waals surface area contributed by atoms with E-state index in [1.807, 2.05) is 0 Å². The van der Waals surface area contributed by atoms with Crippen molar-refractivity contribution < 1.29 is 24.4 Å². The van der Waals surface area contributed by atoms with Crippen LogP contribution in [0, 0.1) is 15.5 Å². The minimum Gasteiger partial charge on any atom is -0.480 e. The summed E-state index contributed by atoms with van der Waals surface area (Å²) in [5.74, 6) is -2.29. The van der Waals surface area contributed by atoms with Gasteiger partial charge >= 0.3 is 11.9 Å². The van der Waals surface area contributed by atoms with Gasteiger partial charge in [-0.25, -0.2) is 0 Å². The first-order valence-corrected chi connectivity index (χ1v) is 5.95. The third-order valence-electron chi connectivity index (χ3n) is 2.93. The molecule has 0 aliphatic heterocycles. The van der Waals surface area contributed by atoms with Crippen molar-refractivity contribution in [3.8, 4) is 0 Å². The number of nitro groups is 1. The van der Waals surface area contributed by atoms with Crippen molar-refractivity contribution in [2.24, 2.45) is 5.41 Å². The van der Waals surface area contributed by atoms with Crippen LogP contribution in [0.4, 0.5) is 5.69 Å². The number of carboxylic acid groups (broad SMARTS) is 1. The van der Waals surface area contributed by atoms with Gasteiger partial charge in [-0.05, 0) is 13.8 Å². The van der Waals surface area contributed by atoms with Crippen molar-refractivity contribution >= 4 is 17.6 Å². The zero-order valence-electron chi connectivity index (χ0n) is 11.2. The van der Waals surface area contributed by atoms with Crippen LogP contribution in [0.1, 0.15) is 19.4 Å². The van der Waals surface area contributed by atoms with Gasteiger partial charge in [-0.2, -0.15) is 0 Å². The number of carbonyl (C=O) groups is 2. The number of aliphatic carboxylic acids is 1. The lowest BCUT2D eigenvalue weighted by atomic mass is 9.83. The second-order valence-electron chi connectivity index (χ2n) is 4.42. The quantitative estimate of drug-likeness (QED) is 0.368. The standard InChI is InChI=1S/C13H15NO6/c1-3-20-12(17)13(2,11(15)16)8-9-6-4-5-7-10(9)14(18)19/h4-7H,3,8H2,1-2H3,(H,15,16). The minimum atomic E-state index is -1.86. The summed E-state index contributed by atoms with van der Waals surface area (Å²) in [5, 5.41) is 20.2. The molecule has 0 aliphatic rings. The summed E-state index contributed by atoms with van der Waals surface area (Å²) in [4.78, 5) is 33.5. The lowest BCUT2D eigenvalue weighted by molar-refractivity contribution is -0.385. The molecule has 1 unspecified atom stereocenters. The first-order chi connectivity index (χ1) is 9.32. The van der Waals surface area contributed by atoms with Crippen LogP contribution in [0.3, 0.4) is 0 Å². The lowest BCUT2D eigenvalue weighted by Gasteiger charge is -2.22. The largest absolute Gasteiger partial charge is 0.480 e. The maximum absolute atomic E-state index is 11.8. The van der Waals surface area contributed by atoms with E-state index in [2.05, 4.69) is 0 Å². The summed E-state index contributed by atoms with van der Waals surface area (Å²) in [7, 11) is 0. The van der Waals surface area contributed by atoms with Crippen LogP contribution in [0.15, 0.2) is 24.3 Å². The molecule has 0 spiro atoms. The van der Waals surface area contributed by atoms with Gasteiger partial charge in [0.2, 0.25) is 0 Å². The zero-order chi connectivity index (χ0) is 15.3. The molecule has 0 bridgehead atoms. The van der Waals surface area contributed by atoms with Crippen molar-refractivity contribution in [1.29, 1.82) is 0 Å². The number of carboxylic acids is 1. The molecule has 20 heavy (non-hydrogen) atoms. The highest BCUT2D eigenvalue weighted by molar-refractivity contribution is 5.99. The number of benzene rings is 1. The van der Waals surface area contributed by atoms with Gasteiger partial charge < -0.3 is 9.84 Å². The average Bonchev–Trinajstić information content (AvgIpc) is 2.38. The highest BCUT2D eigenvalue weighted by atomic mass is 16.6. The van der Waals surface area contributed by atoms with E-state index in [1.54, 1.807) is 13.0 Å². The second-order valence-corrected chi connectivity index (χ2v) is 4.42. The number of rotatable bonds is 6. The van der Waals surface area contributed by atoms with Gasteiger partial charge in [0.05, 0.1) is 11.5 Å². The molecule has 0 saturated heterocycles. The third kappa shape index (κ3) is 3.11. The Morgan fingerprint density at radius 3 is 2.50 bits per heavy atom. The Bertz CT molecular complexity index is 541. The molecular weight excluding hydrogens is 266 g/mol. The Balaban J connectivity index is 3.18. The Labute approximate surface area is 115 Å². The maximum atomic E-state index is 11.8. The molecule has 0 heterocycles. The molecule has 0 aromatic heterocycles. The molecule has 1 aromatic rings. The zero-order valence-corrected chi connectivity index (χ0v) is 11.2. The van der Waals surface area contributed by atoms with Gasteiger partial charge in [0.1, 0.15) is 0 Å².